The summed E-state index contributed by atoms with van der Waals surface area (Å²) in [7, 11) is 1.25. The average Bonchev–Trinajstić information content (AvgIpc) is 2.74. The van der Waals surface area contributed by atoms with E-state index in [0.29, 0.717) is 17.8 Å². The van der Waals surface area contributed by atoms with Gasteiger partial charge in [-0.05, 0) is 12.1 Å². The van der Waals surface area contributed by atoms with Gasteiger partial charge in [-0.25, -0.2) is 4.79 Å². The van der Waals surface area contributed by atoms with E-state index in [0.717, 1.165) is 0 Å². The molecule has 0 aromatic heterocycles. The maximum Gasteiger partial charge on any atom is 0.338 e. The average molecular weight is 208 g/mol. The molecule has 0 spiro atoms. The van der Waals surface area contributed by atoms with Crippen LogP contribution in [0.2, 0.25) is 0 Å². The molecule has 0 saturated carbocycles. The first kappa shape index (κ1) is 9.51. The summed E-state index contributed by atoms with van der Waals surface area (Å²) in [4.78, 5) is 22.2. The van der Waals surface area contributed by atoms with E-state index in [-0.39, 0.29) is 17.9 Å². The molecule has 5 nitrogen and oxygen atoms in total. The van der Waals surface area contributed by atoms with Crippen LogP contribution in [0.1, 0.15) is 20.7 Å². The minimum Gasteiger partial charge on any atom is -0.465 e. The molecular weight excluding hydrogens is 200 g/mol. The normalized spacial score (nSPS) is 12.3. The zero-order valence-corrected chi connectivity index (χ0v) is 7.98. The van der Waals surface area contributed by atoms with Crippen LogP contribution in [0.25, 0.3) is 0 Å². The van der Waals surface area contributed by atoms with Crippen LogP contribution in [0, 0.1) is 0 Å². The Labute approximate surface area is 85.5 Å². The molecule has 0 radical (unpaired) electrons. The van der Waals surface area contributed by atoms with Crippen molar-refractivity contribution in [3.05, 3.63) is 23.3 Å². The molecule has 0 bridgehead atoms. The van der Waals surface area contributed by atoms with Crippen molar-refractivity contribution in [1.29, 1.82) is 0 Å². The Morgan fingerprint density at radius 3 is 2.93 bits per heavy atom. The van der Waals surface area contributed by atoms with Gasteiger partial charge >= 0.3 is 5.97 Å². The van der Waals surface area contributed by atoms with E-state index in [1.54, 1.807) is 6.07 Å². The molecule has 1 aliphatic heterocycles. The summed E-state index contributed by atoms with van der Waals surface area (Å²) in [5, 5.41) is 0. The number of hydrogen-bond donors (Lipinski definition) is 0. The van der Waals surface area contributed by atoms with Gasteiger partial charge in [0, 0.05) is 0 Å². The number of benzene rings is 1. The van der Waals surface area contributed by atoms with E-state index < -0.39 is 5.97 Å². The predicted molar refractivity (Wildman–Crippen MR) is 49.3 cm³/mol. The number of esters is 1. The van der Waals surface area contributed by atoms with Crippen molar-refractivity contribution in [2.24, 2.45) is 0 Å². The number of rotatable bonds is 2. The van der Waals surface area contributed by atoms with Crippen LogP contribution in [-0.2, 0) is 4.74 Å². The van der Waals surface area contributed by atoms with E-state index in [9.17, 15) is 9.59 Å². The zero-order valence-electron chi connectivity index (χ0n) is 7.98. The number of aldehydes is 1. The molecule has 0 fully saturated rings. The fourth-order valence-corrected chi connectivity index (χ4v) is 1.40. The third kappa shape index (κ3) is 1.41. The van der Waals surface area contributed by atoms with E-state index >= 15 is 0 Å². The molecule has 1 heterocycles. The van der Waals surface area contributed by atoms with Gasteiger partial charge < -0.3 is 14.2 Å². The SMILES string of the molecule is COC(=O)c1ccc2c(c1C=O)OCO2. The highest BCUT2D eigenvalue weighted by Crippen LogP contribution is 2.36. The molecule has 0 unspecified atom stereocenters. The molecule has 2 rings (SSSR count). The second kappa shape index (κ2) is 3.61. The van der Waals surface area contributed by atoms with Crippen LogP contribution in [0.3, 0.4) is 0 Å². The minimum atomic E-state index is -0.574. The molecule has 1 aromatic rings. The van der Waals surface area contributed by atoms with Crippen molar-refractivity contribution < 1.29 is 23.8 Å². The van der Waals surface area contributed by atoms with Crippen molar-refractivity contribution >= 4 is 12.3 Å². The fourth-order valence-electron chi connectivity index (χ4n) is 1.40. The summed E-state index contributed by atoms with van der Waals surface area (Å²) >= 11 is 0. The molecule has 0 N–H and O–H groups in total. The summed E-state index contributed by atoms with van der Waals surface area (Å²) in [5.74, 6) is 0.188. The van der Waals surface area contributed by atoms with E-state index in [4.69, 9.17) is 9.47 Å². The van der Waals surface area contributed by atoms with Crippen LogP contribution in [0.5, 0.6) is 11.5 Å². The summed E-state index contributed by atoms with van der Waals surface area (Å²) < 4.78 is 14.7. The highest BCUT2D eigenvalue weighted by molar-refractivity contribution is 6.00. The summed E-state index contributed by atoms with van der Waals surface area (Å²) in [5.41, 5.74) is 0.341. The quantitative estimate of drug-likeness (QED) is 0.536. The molecule has 78 valence electrons. The monoisotopic (exact) mass is 208 g/mol. The predicted octanol–water partition coefficient (Wildman–Crippen LogP) is 1.01. The number of carbonyl (C=O) groups excluding carboxylic acids is 2. The van der Waals surface area contributed by atoms with Gasteiger partial charge in [-0.15, -0.1) is 0 Å². The van der Waals surface area contributed by atoms with Crippen molar-refractivity contribution in [2.45, 2.75) is 0 Å². The highest BCUT2D eigenvalue weighted by Gasteiger charge is 2.23. The molecule has 1 aromatic carbocycles. The molecule has 5 heteroatoms. The van der Waals surface area contributed by atoms with Gasteiger partial charge in [0.25, 0.3) is 0 Å². The second-order valence-electron chi connectivity index (χ2n) is 2.87. The van der Waals surface area contributed by atoms with Gasteiger partial charge in [0.15, 0.2) is 17.8 Å². The largest absolute Gasteiger partial charge is 0.465 e. The second-order valence-corrected chi connectivity index (χ2v) is 2.87. The lowest BCUT2D eigenvalue weighted by Gasteiger charge is -2.05. The van der Waals surface area contributed by atoms with Crippen LogP contribution in [-0.4, -0.2) is 26.2 Å². The Balaban J connectivity index is 2.57. The van der Waals surface area contributed by atoms with E-state index in [1.807, 2.05) is 0 Å². The molecule has 0 aliphatic carbocycles. The Morgan fingerprint density at radius 1 is 1.47 bits per heavy atom. The lowest BCUT2D eigenvalue weighted by molar-refractivity contribution is 0.0598. The van der Waals surface area contributed by atoms with E-state index in [1.165, 1.54) is 13.2 Å². The number of fused-ring (bicyclic) bond motifs is 1. The molecule has 0 saturated heterocycles. The molecule has 0 atom stereocenters. The van der Waals surface area contributed by atoms with Crippen molar-refractivity contribution in [3.8, 4) is 11.5 Å². The van der Waals surface area contributed by atoms with Gasteiger partial charge in [-0.2, -0.15) is 0 Å². The summed E-state index contributed by atoms with van der Waals surface area (Å²) in [6, 6.07) is 3.05. The molecule has 0 amide bonds. The number of ether oxygens (including phenoxy) is 3. The van der Waals surface area contributed by atoms with Gasteiger partial charge in [0.1, 0.15) is 0 Å². The van der Waals surface area contributed by atoms with E-state index in [2.05, 4.69) is 4.74 Å². The van der Waals surface area contributed by atoms with Crippen molar-refractivity contribution in [3.63, 3.8) is 0 Å². The lowest BCUT2D eigenvalue weighted by atomic mass is 10.1. The first-order chi connectivity index (χ1) is 7.27. The third-order valence-electron chi connectivity index (χ3n) is 2.10. The fraction of sp³-hybridized carbons (Fsp3) is 0.200. The van der Waals surface area contributed by atoms with Crippen molar-refractivity contribution in [1.82, 2.24) is 0 Å². The molecule has 15 heavy (non-hydrogen) atoms. The Bertz CT molecular complexity index is 424. The summed E-state index contributed by atoms with van der Waals surface area (Å²) in [6.07, 6.45) is 0.555. The number of hydrogen-bond acceptors (Lipinski definition) is 5. The topological polar surface area (TPSA) is 61.8 Å². The molecule has 1 aliphatic rings. The van der Waals surface area contributed by atoms with Gasteiger partial charge in [-0.1, -0.05) is 0 Å². The third-order valence-corrected chi connectivity index (χ3v) is 2.10. The highest BCUT2D eigenvalue weighted by atomic mass is 16.7. The smallest absolute Gasteiger partial charge is 0.338 e. The lowest BCUT2D eigenvalue weighted by Crippen LogP contribution is -2.05. The Morgan fingerprint density at radius 2 is 2.27 bits per heavy atom. The number of carbonyl (C=O) groups is 2. The van der Waals surface area contributed by atoms with Crippen LogP contribution in [0.4, 0.5) is 0 Å². The summed E-state index contributed by atoms with van der Waals surface area (Å²) in [6.45, 7) is 0.0563. The van der Waals surface area contributed by atoms with Crippen LogP contribution in [0.15, 0.2) is 12.1 Å². The Hall–Kier alpha value is -2.04. The number of methoxy groups -OCH3 is 1. The van der Waals surface area contributed by atoms with Gasteiger partial charge in [0.2, 0.25) is 6.79 Å². The molecular formula is C10H8O5. The maximum atomic E-state index is 11.3. The first-order valence-electron chi connectivity index (χ1n) is 4.24. The van der Waals surface area contributed by atoms with Crippen LogP contribution < -0.4 is 9.47 Å². The standard InChI is InChI=1S/C10H8O5/c1-13-10(12)6-2-3-8-9(7(6)4-11)15-5-14-8/h2-4H,5H2,1H3. The van der Waals surface area contributed by atoms with Gasteiger partial charge in [-0.3, -0.25) is 4.79 Å². The van der Waals surface area contributed by atoms with Crippen molar-refractivity contribution in [2.75, 3.05) is 13.9 Å². The maximum absolute atomic E-state index is 11.3. The zero-order chi connectivity index (χ0) is 10.8. The van der Waals surface area contributed by atoms with Gasteiger partial charge in [0.05, 0.1) is 18.2 Å². The first-order valence-corrected chi connectivity index (χ1v) is 4.24. The Kier molecular flexibility index (Phi) is 2.29. The van der Waals surface area contributed by atoms with Crippen LogP contribution >= 0.6 is 0 Å². The minimum absolute atomic E-state index is 0.0563.